The molecule has 0 aromatic heterocycles. The topological polar surface area (TPSA) is 47.3 Å². The summed E-state index contributed by atoms with van der Waals surface area (Å²) in [5.41, 5.74) is 6.93. The molecule has 0 saturated carbocycles. The lowest BCUT2D eigenvalue weighted by atomic mass is 9.95. The molecule has 102 valence electrons. The predicted molar refractivity (Wildman–Crippen MR) is 76.4 cm³/mol. The third kappa shape index (κ3) is 4.77. The van der Waals surface area contributed by atoms with Crippen molar-refractivity contribution in [3.63, 3.8) is 0 Å². The molecule has 1 aromatic rings. The van der Waals surface area contributed by atoms with Crippen molar-refractivity contribution in [2.45, 2.75) is 39.7 Å². The molecule has 3 N–H and O–H groups in total. The van der Waals surface area contributed by atoms with E-state index in [-0.39, 0.29) is 0 Å². The van der Waals surface area contributed by atoms with Crippen molar-refractivity contribution in [1.29, 1.82) is 0 Å². The summed E-state index contributed by atoms with van der Waals surface area (Å²) in [4.78, 5) is 0. The molecule has 3 heteroatoms. The number of ether oxygens (including phenoxy) is 1. The summed E-state index contributed by atoms with van der Waals surface area (Å²) in [5.74, 6) is 6.16. The Morgan fingerprint density at radius 2 is 2.00 bits per heavy atom. The maximum Gasteiger partial charge on any atom is 0.0488 e. The molecule has 1 aromatic carbocycles. The first-order valence-corrected chi connectivity index (χ1v) is 6.58. The molecule has 0 fully saturated rings. The zero-order valence-corrected chi connectivity index (χ0v) is 12.0. The molecular weight excluding hydrogens is 224 g/mol. The van der Waals surface area contributed by atoms with Crippen LogP contribution < -0.4 is 11.3 Å². The van der Waals surface area contributed by atoms with Crippen molar-refractivity contribution in [2.75, 3.05) is 13.7 Å². The Morgan fingerprint density at radius 1 is 1.28 bits per heavy atom. The largest absolute Gasteiger partial charge is 0.384 e. The molecular formula is C15H26N2O. The van der Waals surface area contributed by atoms with Crippen LogP contribution in [0.3, 0.4) is 0 Å². The Hall–Kier alpha value is -0.900. The van der Waals surface area contributed by atoms with Gasteiger partial charge in [0.1, 0.15) is 0 Å². The van der Waals surface area contributed by atoms with Crippen molar-refractivity contribution in [1.82, 2.24) is 5.43 Å². The number of hydrogen-bond acceptors (Lipinski definition) is 3. The molecule has 0 saturated heterocycles. The van der Waals surface area contributed by atoms with E-state index in [1.165, 1.54) is 16.7 Å². The number of rotatable bonds is 7. The van der Waals surface area contributed by atoms with E-state index in [1.807, 2.05) is 0 Å². The molecule has 0 amide bonds. The predicted octanol–water partition coefficient (Wildman–Crippen LogP) is 2.35. The van der Waals surface area contributed by atoms with Gasteiger partial charge in [-0.1, -0.05) is 25.1 Å². The Bertz CT molecular complexity index is 366. The fourth-order valence-corrected chi connectivity index (χ4v) is 2.26. The second-order valence-corrected chi connectivity index (χ2v) is 5.28. The number of nitrogens with two attached hydrogens (primary N) is 1. The third-order valence-corrected chi connectivity index (χ3v) is 3.43. The van der Waals surface area contributed by atoms with Crippen molar-refractivity contribution in [2.24, 2.45) is 11.8 Å². The van der Waals surface area contributed by atoms with Crippen LogP contribution in [0.15, 0.2) is 18.2 Å². The SMILES string of the molecule is COCC(C)CC(Cc1ccc(C)c(C)c1)NN. The van der Waals surface area contributed by atoms with E-state index >= 15 is 0 Å². The highest BCUT2D eigenvalue weighted by molar-refractivity contribution is 5.30. The molecule has 2 unspecified atom stereocenters. The quantitative estimate of drug-likeness (QED) is 0.577. The first-order chi connectivity index (χ1) is 8.56. The van der Waals surface area contributed by atoms with Gasteiger partial charge in [-0.2, -0.15) is 0 Å². The maximum atomic E-state index is 5.64. The van der Waals surface area contributed by atoms with Gasteiger partial charge in [-0.3, -0.25) is 11.3 Å². The molecule has 3 nitrogen and oxygen atoms in total. The molecule has 0 aliphatic heterocycles. The van der Waals surface area contributed by atoms with Crippen molar-refractivity contribution >= 4 is 0 Å². The van der Waals surface area contributed by atoms with Crippen LogP contribution in [0.4, 0.5) is 0 Å². The molecule has 0 bridgehead atoms. The van der Waals surface area contributed by atoms with Gasteiger partial charge in [0.05, 0.1) is 0 Å². The molecule has 0 aliphatic rings. The van der Waals surface area contributed by atoms with Crippen LogP contribution in [-0.4, -0.2) is 19.8 Å². The number of benzene rings is 1. The Balaban J connectivity index is 2.59. The van der Waals surface area contributed by atoms with Crippen LogP contribution >= 0.6 is 0 Å². The van der Waals surface area contributed by atoms with E-state index in [2.05, 4.69) is 44.4 Å². The highest BCUT2D eigenvalue weighted by atomic mass is 16.5. The Morgan fingerprint density at radius 3 is 2.56 bits per heavy atom. The van der Waals surface area contributed by atoms with Crippen molar-refractivity contribution < 1.29 is 4.74 Å². The van der Waals surface area contributed by atoms with Gasteiger partial charge >= 0.3 is 0 Å². The van der Waals surface area contributed by atoms with Crippen LogP contribution in [0, 0.1) is 19.8 Å². The first-order valence-electron chi connectivity index (χ1n) is 6.58. The first kappa shape index (κ1) is 15.2. The van der Waals surface area contributed by atoms with E-state index in [4.69, 9.17) is 10.6 Å². The van der Waals surface area contributed by atoms with Gasteiger partial charge in [0.2, 0.25) is 0 Å². The lowest BCUT2D eigenvalue weighted by molar-refractivity contribution is 0.149. The average molecular weight is 250 g/mol. The van der Waals surface area contributed by atoms with Crippen molar-refractivity contribution in [3.05, 3.63) is 34.9 Å². The lowest BCUT2D eigenvalue weighted by Gasteiger charge is -2.20. The summed E-state index contributed by atoms with van der Waals surface area (Å²) in [5, 5.41) is 0. The van der Waals surface area contributed by atoms with Gasteiger partial charge in [0.25, 0.3) is 0 Å². The molecule has 1 rings (SSSR count). The number of methoxy groups -OCH3 is 1. The van der Waals surface area contributed by atoms with Crippen LogP contribution in [0.5, 0.6) is 0 Å². The molecule has 0 heterocycles. The number of hydrogen-bond donors (Lipinski definition) is 2. The number of nitrogens with one attached hydrogen (secondary N) is 1. The summed E-state index contributed by atoms with van der Waals surface area (Å²) in [6.45, 7) is 7.26. The van der Waals surface area contributed by atoms with Gasteiger partial charge in [0.15, 0.2) is 0 Å². The molecule has 2 atom stereocenters. The third-order valence-electron chi connectivity index (χ3n) is 3.43. The minimum Gasteiger partial charge on any atom is -0.384 e. The van der Waals surface area contributed by atoms with Crippen LogP contribution in [0.1, 0.15) is 30.0 Å². The molecule has 18 heavy (non-hydrogen) atoms. The van der Waals surface area contributed by atoms with Gasteiger partial charge in [-0.05, 0) is 49.3 Å². The molecule has 0 radical (unpaired) electrons. The number of hydrazine groups is 1. The van der Waals surface area contributed by atoms with Crippen LogP contribution in [-0.2, 0) is 11.2 Å². The molecule has 0 aliphatic carbocycles. The van der Waals surface area contributed by atoms with Gasteiger partial charge < -0.3 is 4.74 Å². The summed E-state index contributed by atoms with van der Waals surface area (Å²) in [6.07, 6.45) is 1.99. The Labute approximate surface area is 111 Å². The number of aryl methyl sites for hydroxylation is 2. The maximum absolute atomic E-state index is 5.64. The summed E-state index contributed by atoms with van der Waals surface area (Å²) in [7, 11) is 1.74. The smallest absolute Gasteiger partial charge is 0.0488 e. The summed E-state index contributed by atoms with van der Waals surface area (Å²) >= 11 is 0. The minimum atomic E-state index is 0.303. The fourth-order valence-electron chi connectivity index (χ4n) is 2.26. The van der Waals surface area contributed by atoms with Crippen LogP contribution in [0.2, 0.25) is 0 Å². The van der Waals surface area contributed by atoms with E-state index in [9.17, 15) is 0 Å². The van der Waals surface area contributed by atoms with E-state index < -0.39 is 0 Å². The van der Waals surface area contributed by atoms with Gasteiger partial charge in [-0.25, -0.2) is 0 Å². The van der Waals surface area contributed by atoms with Gasteiger partial charge in [0, 0.05) is 19.8 Å². The average Bonchev–Trinajstić information content (AvgIpc) is 2.33. The second-order valence-electron chi connectivity index (χ2n) is 5.28. The van der Waals surface area contributed by atoms with Gasteiger partial charge in [-0.15, -0.1) is 0 Å². The lowest BCUT2D eigenvalue weighted by Crippen LogP contribution is -2.38. The summed E-state index contributed by atoms with van der Waals surface area (Å²) < 4.78 is 5.17. The summed E-state index contributed by atoms with van der Waals surface area (Å²) in [6, 6.07) is 6.92. The highest BCUT2D eigenvalue weighted by Gasteiger charge is 2.12. The van der Waals surface area contributed by atoms with Crippen LogP contribution in [0.25, 0.3) is 0 Å². The fraction of sp³-hybridized carbons (Fsp3) is 0.600. The molecule has 0 spiro atoms. The highest BCUT2D eigenvalue weighted by Crippen LogP contribution is 2.14. The van der Waals surface area contributed by atoms with E-state index in [0.29, 0.717) is 12.0 Å². The van der Waals surface area contributed by atoms with Crippen molar-refractivity contribution in [3.8, 4) is 0 Å². The Kier molecular flexibility index (Phi) is 6.33. The normalized spacial score (nSPS) is 14.5. The zero-order valence-electron chi connectivity index (χ0n) is 12.0. The zero-order chi connectivity index (χ0) is 13.5. The van der Waals surface area contributed by atoms with E-state index in [0.717, 1.165) is 19.4 Å². The van der Waals surface area contributed by atoms with E-state index in [1.54, 1.807) is 7.11 Å². The second kappa shape index (κ2) is 7.52. The standard InChI is InChI=1S/C15H26N2O/c1-11(10-18-4)7-15(17-16)9-14-6-5-12(2)13(3)8-14/h5-6,8,11,15,17H,7,9-10,16H2,1-4H3. The monoisotopic (exact) mass is 250 g/mol. The minimum absolute atomic E-state index is 0.303.